The van der Waals surface area contributed by atoms with Gasteiger partial charge in [-0.25, -0.2) is 28.1 Å². The van der Waals surface area contributed by atoms with E-state index in [1.807, 2.05) is 25.1 Å². The number of nitrogens with one attached hydrogen (secondary N) is 3. The van der Waals surface area contributed by atoms with Gasteiger partial charge in [-0.15, -0.1) is 0 Å². The monoisotopic (exact) mass is 878 g/mol. The van der Waals surface area contributed by atoms with Crippen molar-refractivity contribution in [2.45, 2.75) is 117 Å². The molecule has 57 heavy (non-hydrogen) atoms. The molecule has 1 atom stereocenters. The van der Waals surface area contributed by atoms with Gasteiger partial charge in [0.2, 0.25) is 10.0 Å². The number of nitrogens with zero attached hydrogens (tertiary/aromatic N) is 3. The van der Waals surface area contributed by atoms with Gasteiger partial charge in [0, 0.05) is 24.1 Å². The molecule has 3 N–H and O–H groups in total. The number of anilines is 1. The highest BCUT2D eigenvalue weighted by molar-refractivity contribution is 7.88. The molecule has 0 aromatic heterocycles. The van der Waals surface area contributed by atoms with Crippen molar-refractivity contribution in [3.8, 4) is 5.75 Å². The summed E-state index contributed by atoms with van der Waals surface area (Å²) < 4.78 is 31.6. The van der Waals surface area contributed by atoms with Crippen LogP contribution in [-0.2, 0) is 14.8 Å². The van der Waals surface area contributed by atoms with Crippen LogP contribution in [0.4, 0.5) is 17.1 Å². The summed E-state index contributed by atoms with van der Waals surface area (Å²) in [4.78, 5) is 23.7. The number of halogens is 4. The molecule has 310 valence electrons. The van der Waals surface area contributed by atoms with Crippen molar-refractivity contribution >= 4 is 96.8 Å². The molecule has 3 aromatic rings. The molecule has 0 spiro atoms. The molecule has 0 aliphatic carbocycles. The molecule has 0 saturated carbocycles. The number of hydrogen-bond acceptors (Lipinski definition) is 7. The summed E-state index contributed by atoms with van der Waals surface area (Å²) in [5.41, 5.74) is 5.80. The van der Waals surface area contributed by atoms with Crippen LogP contribution in [0.2, 0.25) is 20.1 Å². The minimum absolute atomic E-state index is 0.0241. The number of sulfonamides is 1. The van der Waals surface area contributed by atoms with Crippen LogP contribution in [0.15, 0.2) is 58.5 Å². The number of hydrazine groups is 1. The molecule has 1 aliphatic rings. The highest BCUT2D eigenvalue weighted by Crippen LogP contribution is 2.38. The van der Waals surface area contributed by atoms with E-state index >= 15 is 0 Å². The Bertz CT molecular complexity index is 2020. The third-order valence-corrected chi connectivity index (χ3v) is 11.6. The Labute approximate surface area is 358 Å². The number of rotatable bonds is 22. The highest BCUT2D eigenvalue weighted by Gasteiger charge is 2.37. The van der Waals surface area contributed by atoms with Crippen molar-refractivity contribution in [1.29, 1.82) is 5.41 Å². The van der Waals surface area contributed by atoms with Crippen LogP contribution in [0.1, 0.15) is 121 Å². The average Bonchev–Trinajstić information content (AvgIpc) is 3.43. The average molecular weight is 881 g/mol. The first-order chi connectivity index (χ1) is 27.2. The third kappa shape index (κ3) is 14.5. The van der Waals surface area contributed by atoms with E-state index < -0.39 is 15.9 Å². The van der Waals surface area contributed by atoms with Gasteiger partial charge in [-0.05, 0) is 73.6 Å². The molecule has 10 nitrogen and oxygen atoms in total. The third-order valence-electron chi connectivity index (χ3n) is 9.73. The summed E-state index contributed by atoms with van der Waals surface area (Å²) in [7, 11) is -3.29. The van der Waals surface area contributed by atoms with Crippen molar-refractivity contribution in [3.63, 3.8) is 0 Å². The van der Waals surface area contributed by atoms with Crippen LogP contribution in [0.25, 0.3) is 0 Å². The van der Waals surface area contributed by atoms with Gasteiger partial charge in [0.15, 0.2) is 17.4 Å². The first-order valence-electron chi connectivity index (χ1n) is 19.7. The second kappa shape index (κ2) is 22.8. The lowest BCUT2D eigenvalue weighted by atomic mass is 9.92. The molecule has 1 aliphatic heterocycles. The van der Waals surface area contributed by atoms with Crippen molar-refractivity contribution in [3.05, 3.63) is 79.7 Å². The minimum atomic E-state index is -3.29. The normalized spacial score (nSPS) is 15.1. The molecule has 3 aromatic carbocycles. The predicted octanol–water partition coefficient (Wildman–Crippen LogP) is 12.5. The molecule has 1 heterocycles. The smallest absolute Gasteiger partial charge is 0.299 e. The zero-order valence-electron chi connectivity index (χ0n) is 33.2. The van der Waals surface area contributed by atoms with E-state index in [0.717, 1.165) is 43.1 Å². The minimum Gasteiger partial charge on any atom is -0.444 e. The highest BCUT2D eigenvalue weighted by atomic mass is 35.5. The molecular formula is C42H54Cl4N6O4S. The number of amidine groups is 1. The Morgan fingerprint density at radius 2 is 1.47 bits per heavy atom. The van der Waals surface area contributed by atoms with E-state index in [0.29, 0.717) is 35.8 Å². The van der Waals surface area contributed by atoms with Gasteiger partial charge in [0.1, 0.15) is 11.4 Å². The van der Waals surface area contributed by atoms with E-state index in [4.69, 9.17) is 66.5 Å². The molecule has 0 radical (unpaired) electrons. The largest absolute Gasteiger partial charge is 0.444 e. The quantitative estimate of drug-likeness (QED) is 0.0524. The molecule has 4 rings (SSSR count). The van der Waals surface area contributed by atoms with Crippen LogP contribution in [-0.4, -0.2) is 44.6 Å². The number of benzene rings is 3. The first-order valence-corrected chi connectivity index (χ1v) is 23.1. The summed E-state index contributed by atoms with van der Waals surface area (Å²) in [6.07, 6.45) is 16.5. The number of carbonyl (C=O) groups excluding carboxylic acids is 1. The van der Waals surface area contributed by atoms with E-state index in [9.17, 15) is 13.2 Å². The molecule has 15 heteroatoms. The Morgan fingerprint density at radius 1 is 0.842 bits per heavy atom. The first kappa shape index (κ1) is 46.5. The van der Waals surface area contributed by atoms with Crippen LogP contribution < -0.4 is 19.9 Å². The fraction of sp³-hybridized carbons (Fsp3) is 0.476. The molecule has 0 bridgehead atoms. The van der Waals surface area contributed by atoms with Gasteiger partial charge in [-0.1, -0.05) is 137 Å². The van der Waals surface area contributed by atoms with Crippen LogP contribution in [0.3, 0.4) is 0 Å². The molecule has 1 saturated heterocycles. The zero-order valence-corrected chi connectivity index (χ0v) is 37.0. The second-order valence-corrected chi connectivity index (χ2v) is 17.9. The SMILES string of the molecule is CCCCCCCCCCCCCC(=N)Oc1ccc(Cl)c(N=C2NN(c3c(Cl)cc(Cl)cc3Cl)C(=O)C2=Nc2ccc(C(CC)CCNS(C)(=O)=O)cc2C)c1. The molecule has 1 unspecified atom stereocenters. The second-order valence-electron chi connectivity index (χ2n) is 14.4. The van der Waals surface area contributed by atoms with E-state index in [1.165, 1.54) is 68.5 Å². The van der Waals surface area contributed by atoms with Gasteiger partial charge in [-0.3, -0.25) is 15.6 Å². The van der Waals surface area contributed by atoms with E-state index in [-0.39, 0.29) is 49.8 Å². The lowest BCUT2D eigenvalue weighted by Gasteiger charge is -2.18. The van der Waals surface area contributed by atoms with Crippen LogP contribution in [0, 0.1) is 12.3 Å². The predicted molar refractivity (Wildman–Crippen MR) is 239 cm³/mol. The van der Waals surface area contributed by atoms with Gasteiger partial charge >= 0.3 is 0 Å². The molecule has 1 amide bonds. The van der Waals surface area contributed by atoms with E-state index in [2.05, 4.69) is 24.0 Å². The maximum Gasteiger partial charge on any atom is 0.299 e. The number of unbranched alkanes of at least 4 members (excludes halogenated alkanes) is 10. The molecule has 1 fully saturated rings. The van der Waals surface area contributed by atoms with Crippen molar-refractivity contribution in [2.24, 2.45) is 9.98 Å². The van der Waals surface area contributed by atoms with Gasteiger partial charge in [-0.2, -0.15) is 0 Å². The number of hydrogen-bond donors (Lipinski definition) is 3. The van der Waals surface area contributed by atoms with Crippen molar-refractivity contribution in [1.82, 2.24) is 10.1 Å². The Kier molecular flexibility index (Phi) is 18.6. The van der Waals surface area contributed by atoms with Gasteiger partial charge in [0.05, 0.1) is 32.7 Å². The lowest BCUT2D eigenvalue weighted by molar-refractivity contribution is -0.112. The lowest BCUT2D eigenvalue weighted by Crippen LogP contribution is -2.36. The topological polar surface area (TPSA) is 136 Å². The van der Waals surface area contributed by atoms with Crippen molar-refractivity contribution in [2.75, 3.05) is 17.8 Å². The Morgan fingerprint density at radius 3 is 2.07 bits per heavy atom. The van der Waals surface area contributed by atoms with Gasteiger partial charge in [0.25, 0.3) is 5.91 Å². The summed E-state index contributed by atoms with van der Waals surface area (Å²) in [5.74, 6) is 0.156. The van der Waals surface area contributed by atoms with Crippen LogP contribution >= 0.6 is 46.4 Å². The van der Waals surface area contributed by atoms with Crippen LogP contribution in [0.5, 0.6) is 5.75 Å². The number of amides is 1. The maximum absolute atomic E-state index is 14.1. The summed E-state index contributed by atoms with van der Waals surface area (Å²) in [5, 5.41) is 10.5. The zero-order chi connectivity index (χ0) is 41.5. The summed E-state index contributed by atoms with van der Waals surface area (Å²) in [6, 6.07) is 13.6. The summed E-state index contributed by atoms with van der Waals surface area (Å²) >= 11 is 25.9. The number of aryl methyl sites for hydroxylation is 1. The Hall–Kier alpha value is -3.19. The van der Waals surface area contributed by atoms with E-state index in [1.54, 1.807) is 18.2 Å². The summed E-state index contributed by atoms with van der Waals surface area (Å²) in [6.45, 7) is 6.50. The number of aliphatic imine (C=N–C) groups is 2. The number of ether oxygens (including phenoxy) is 1. The maximum atomic E-state index is 14.1. The van der Waals surface area contributed by atoms with Gasteiger partial charge < -0.3 is 4.74 Å². The fourth-order valence-corrected chi connectivity index (χ4v) is 8.24. The number of carbonyl (C=O) groups is 1. The Balaban J connectivity index is 1.53. The molecular weight excluding hydrogens is 826 g/mol. The van der Waals surface area contributed by atoms with Crippen molar-refractivity contribution < 1.29 is 17.9 Å². The standard InChI is InChI=1S/C42H54Cl4N6O4S/c1-5-7-8-9-10-11-12-13-14-15-16-17-38(47)56-32-19-20-33(44)37(27-32)50-41-39(42(53)52(51-41)40-34(45)25-31(43)26-35(40)46)49-36-21-18-30(24-28(36)3)29(6-2)22-23-48-57(4,54)55/h18-21,24-27,29,47-48H,5-17,22-23H2,1-4H3,(H,50,51). The fourth-order valence-electron chi connectivity index (χ4n) is 6.61.